The Morgan fingerprint density at radius 2 is 2.00 bits per heavy atom. The maximum absolute atomic E-state index is 6.44. The van der Waals surface area contributed by atoms with Crippen LogP contribution in [0.4, 0.5) is 0 Å². The number of nitrogens with two attached hydrogens (primary N) is 1. The quantitative estimate of drug-likeness (QED) is 0.856. The second kappa shape index (κ2) is 6.57. The van der Waals surface area contributed by atoms with Crippen LogP contribution in [0.15, 0.2) is 18.2 Å². The molecule has 20 heavy (non-hydrogen) atoms. The van der Waals surface area contributed by atoms with Crippen molar-refractivity contribution in [3.05, 3.63) is 29.3 Å². The molecule has 4 heteroatoms. The summed E-state index contributed by atoms with van der Waals surface area (Å²) in [6.45, 7) is 2.20. The van der Waals surface area contributed by atoms with Crippen LogP contribution in [0.3, 0.4) is 0 Å². The molecule has 112 valence electrons. The third-order valence-corrected chi connectivity index (χ3v) is 4.24. The third-order valence-electron chi connectivity index (χ3n) is 4.24. The van der Waals surface area contributed by atoms with Crippen LogP contribution in [0.5, 0.6) is 5.75 Å². The van der Waals surface area contributed by atoms with Gasteiger partial charge in [0.15, 0.2) is 0 Å². The van der Waals surface area contributed by atoms with Crippen LogP contribution in [0.1, 0.15) is 23.6 Å². The fourth-order valence-electron chi connectivity index (χ4n) is 2.99. The highest BCUT2D eigenvalue weighted by Crippen LogP contribution is 2.34. The normalized spacial score (nSPS) is 21.6. The van der Waals surface area contributed by atoms with Crippen molar-refractivity contribution in [2.75, 3.05) is 41.3 Å². The number of ether oxygens (including phenoxy) is 1. The predicted molar refractivity (Wildman–Crippen MR) is 83.2 cm³/mol. The number of hydrogen-bond donors (Lipinski definition) is 1. The van der Waals surface area contributed by atoms with Gasteiger partial charge in [-0.15, -0.1) is 0 Å². The second-order valence-corrected chi connectivity index (χ2v) is 6.00. The standard InChI is InChI=1S/C16H27N3O/c1-18(2)8-5-9-19(3)15-10-12-6-7-13(20-4)11-14(12)16(15)17/h6-7,11,15-16H,5,8-10,17H2,1-4H3. The first-order valence-corrected chi connectivity index (χ1v) is 7.30. The zero-order valence-electron chi connectivity index (χ0n) is 13.1. The summed E-state index contributed by atoms with van der Waals surface area (Å²) in [4.78, 5) is 4.63. The molecule has 0 amide bonds. The van der Waals surface area contributed by atoms with Crippen molar-refractivity contribution in [3.63, 3.8) is 0 Å². The van der Waals surface area contributed by atoms with E-state index >= 15 is 0 Å². The van der Waals surface area contributed by atoms with E-state index in [0.29, 0.717) is 6.04 Å². The number of nitrogens with zero attached hydrogens (tertiary/aromatic N) is 2. The van der Waals surface area contributed by atoms with Gasteiger partial charge in [-0.05, 0) is 70.3 Å². The van der Waals surface area contributed by atoms with Gasteiger partial charge in [0.2, 0.25) is 0 Å². The molecule has 1 aliphatic carbocycles. The number of rotatable bonds is 6. The van der Waals surface area contributed by atoms with Crippen LogP contribution >= 0.6 is 0 Å². The number of methoxy groups -OCH3 is 1. The molecule has 2 unspecified atom stereocenters. The minimum absolute atomic E-state index is 0.0875. The largest absolute Gasteiger partial charge is 0.497 e. The summed E-state index contributed by atoms with van der Waals surface area (Å²) in [6.07, 6.45) is 2.21. The van der Waals surface area contributed by atoms with Crippen molar-refractivity contribution in [2.45, 2.75) is 24.9 Å². The van der Waals surface area contributed by atoms with Gasteiger partial charge < -0.3 is 20.3 Å². The lowest BCUT2D eigenvalue weighted by Gasteiger charge is -2.28. The highest BCUT2D eigenvalue weighted by Gasteiger charge is 2.32. The van der Waals surface area contributed by atoms with Gasteiger partial charge in [-0.2, -0.15) is 0 Å². The Labute approximate surface area is 122 Å². The zero-order chi connectivity index (χ0) is 14.7. The molecular weight excluding hydrogens is 250 g/mol. The van der Waals surface area contributed by atoms with Gasteiger partial charge in [0.05, 0.1) is 7.11 Å². The Kier molecular flexibility index (Phi) is 5.02. The summed E-state index contributed by atoms with van der Waals surface area (Å²) < 4.78 is 5.30. The molecule has 2 atom stereocenters. The first-order valence-electron chi connectivity index (χ1n) is 7.30. The number of hydrogen-bond acceptors (Lipinski definition) is 4. The second-order valence-electron chi connectivity index (χ2n) is 6.00. The lowest BCUT2D eigenvalue weighted by atomic mass is 10.1. The van der Waals surface area contributed by atoms with Crippen LogP contribution in [-0.2, 0) is 6.42 Å². The molecule has 0 radical (unpaired) electrons. The topological polar surface area (TPSA) is 41.7 Å². The highest BCUT2D eigenvalue weighted by molar-refractivity contribution is 5.42. The van der Waals surface area contributed by atoms with Crippen LogP contribution in [0.25, 0.3) is 0 Å². The summed E-state index contributed by atoms with van der Waals surface area (Å²) in [5, 5.41) is 0. The van der Waals surface area contributed by atoms with E-state index in [-0.39, 0.29) is 6.04 Å². The first kappa shape index (κ1) is 15.3. The van der Waals surface area contributed by atoms with E-state index in [0.717, 1.165) is 25.3 Å². The molecule has 0 spiro atoms. The fourth-order valence-corrected chi connectivity index (χ4v) is 2.99. The molecule has 0 aromatic heterocycles. The Morgan fingerprint density at radius 3 is 2.65 bits per heavy atom. The van der Waals surface area contributed by atoms with E-state index in [9.17, 15) is 0 Å². The van der Waals surface area contributed by atoms with Crippen molar-refractivity contribution in [3.8, 4) is 5.75 Å². The Bertz CT molecular complexity index is 447. The van der Waals surface area contributed by atoms with Gasteiger partial charge in [0.1, 0.15) is 5.75 Å². The molecule has 1 aliphatic rings. The molecule has 0 bridgehead atoms. The molecule has 0 heterocycles. The Morgan fingerprint density at radius 1 is 1.25 bits per heavy atom. The summed E-state index contributed by atoms with van der Waals surface area (Å²) >= 11 is 0. The smallest absolute Gasteiger partial charge is 0.119 e. The molecule has 1 aromatic rings. The Hall–Kier alpha value is -1.10. The molecule has 0 saturated heterocycles. The van der Waals surface area contributed by atoms with Crippen molar-refractivity contribution in [1.29, 1.82) is 0 Å². The van der Waals surface area contributed by atoms with E-state index < -0.39 is 0 Å². The number of likely N-dealkylation sites (N-methyl/N-ethyl adjacent to an activating group) is 1. The molecule has 2 N–H and O–H groups in total. The summed E-state index contributed by atoms with van der Waals surface area (Å²) in [6, 6.07) is 6.76. The molecule has 1 aromatic carbocycles. The number of fused-ring (bicyclic) bond motifs is 1. The molecule has 2 rings (SSSR count). The fraction of sp³-hybridized carbons (Fsp3) is 0.625. The highest BCUT2D eigenvalue weighted by atomic mass is 16.5. The van der Waals surface area contributed by atoms with Gasteiger partial charge in [0.25, 0.3) is 0 Å². The first-order chi connectivity index (χ1) is 9.52. The number of benzene rings is 1. The van der Waals surface area contributed by atoms with Crippen LogP contribution < -0.4 is 10.5 Å². The van der Waals surface area contributed by atoms with Crippen molar-refractivity contribution < 1.29 is 4.74 Å². The van der Waals surface area contributed by atoms with E-state index in [4.69, 9.17) is 10.5 Å². The lowest BCUT2D eigenvalue weighted by molar-refractivity contribution is 0.211. The van der Waals surface area contributed by atoms with E-state index in [1.807, 2.05) is 6.07 Å². The predicted octanol–water partition coefficient (Wildman–Crippen LogP) is 1.50. The van der Waals surface area contributed by atoms with E-state index in [1.54, 1.807) is 7.11 Å². The maximum Gasteiger partial charge on any atom is 0.119 e. The maximum atomic E-state index is 6.44. The average Bonchev–Trinajstić information content (AvgIpc) is 2.75. The van der Waals surface area contributed by atoms with Gasteiger partial charge >= 0.3 is 0 Å². The third kappa shape index (κ3) is 3.32. The van der Waals surface area contributed by atoms with Gasteiger partial charge in [0, 0.05) is 12.1 Å². The molecule has 0 aliphatic heterocycles. The zero-order valence-corrected chi connectivity index (χ0v) is 13.1. The summed E-state index contributed by atoms with van der Waals surface area (Å²) in [5.41, 5.74) is 9.05. The van der Waals surface area contributed by atoms with E-state index in [2.05, 4.69) is 43.1 Å². The summed E-state index contributed by atoms with van der Waals surface area (Å²) in [7, 11) is 8.11. The molecule has 0 saturated carbocycles. The average molecular weight is 277 g/mol. The molecular formula is C16H27N3O. The van der Waals surface area contributed by atoms with Crippen LogP contribution in [-0.4, -0.2) is 57.2 Å². The SMILES string of the molecule is COc1ccc2c(c1)C(N)C(N(C)CCCN(C)C)C2. The van der Waals surface area contributed by atoms with Gasteiger partial charge in [-0.25, -0.2) is 0 Å². The Balaban J connectivity index is 1.99. The minimum atomic E-state index is 0.0875. The minimum Gasteiger partial charge on any atom is -0.497 e. The van der Waals surface area contributed by atoms with Crippen molar-refractivity contribution in [2.24, 2.45) is 5.73 Å². The van der Waals surface area contributed by atoms with Crippen LogP contribution in [0.2, 0.25) is 0 Å². The van der Waals surface area contributed by atoms with Crippen molar-refractivity contribution >= 4 is 0 Å². The van der Waals surface area contributed by atoms with Crippen LogP contribution in [0, 0.1) is 0 Å². The lowest BCUT2D eigenvalue weighted by Crippen LogP contribution is -2.39. The summed E-state index contributed by atoms with van der Waals surface area (Å²) in [5.74, 6) is 0.898. The molecule has 0 fully saturated rings. The van der Waals surface area contributed by atoms with Gasteiger partial charge in [-0.1, -0.05) is 6.07 Å². The van der Waals surface area contributed by atoms with Crippen molar-refractivity contribution in [1.82, 2.24) is 9.80 Å². The monoisotopic (exact) mass is 277 g/mol. The van der Waals surface area contributed by atoms with Gasteiger partial charge in [-0.3, -0.25) is 0 Å². The van der Waals surface area contributed by atoms with E-state index in [1.165, 1.54) is 17.5 Å². The molecule has 4 nitrogen and oxygen atoms in total.